The van der Waals surface area contributed by atoms with E-state index >= 15 is 0 Å². The minimum atomic E-state index is -0.684. The van der Waals surface area contributed by atoms with E-state index in [4.69, 9.17) is 21.7 Å². The highest BCUT2D eigenvalue weighted by atomic mass is 16.6. The molecule has 0 saturated carbocycles. The van der Waals surface area contributed by atoms with E-state index in [1.54, 1.807) is 43.4 Å². The molecular formula is C17H14N2O4. The highest BCUT2D eigenvalue weighted by Crippen LogP contribution is 2.03. The van der Waals surface area contributed by atoms with E-state index in [1.807, 2.05) is 0 Å². The average molecular weight is 310 g/mol. The van der Waals surface area contributed by atoms with E-state index in [-0.39, 0.29) is 17.8 Å². The van der Waals surface area contributed by atoms with Crippen LogP contribution >= 0.6 is 0 Å². The molecule has 0 amide bonds. The molecule has 0 heterocycles. The summed E-state index contributed by atoms with van der Waals surface area (Å²) in [5, 5.41) is 26.8. The number of aliphatic hydroxyl groups excluding tert-OH is 1. The molecule has 6 heteroatoms. The quantitative estimate of drug-likeness (QED) is 0.193. The third-order valence-corrected chi connectivity index (χ3v) is 2.09. The van der Waals surface area contributed by atoms with Gasteiger partial charge in [-0.05, 0) is 19.1 Å². The van der Waals surface area contributed by atoms with Crippen LogP contribution in [-0.4, -0.2) is 17.7 Å². The van der Waals surface area contributed by atoms with Gasteiger partial charge in [-0.2, -0.15) is 10.5 Å². The normalized spacial score (nSPS) is 12.5. The molecule has 0 aromatic rings. The van der Waals surface area contributed by atoms with Crippen LogP contribution in [0.1, 0.15) is 6.92 Å². The zero-order valence-corrected chi connectivity index (χ0v) is 12.4. The first-order valence-electron chi connectivity index (χ1n) is 6.35. The zero-order valence-electron chi connectivity index (χ0n) is 12.4. The lowest BCUT2D eigenvalue weighted by Gasteiger charge is -1.96. The Morgan fingerprint density at radius 2 is 1.83 bits per heavy atom. The summed E-state index contributed by atoms with van der Waals surface area (Å²) >= 11 is 0. The number of ether oxygens (including phenoxy) is 2. The van der Waals surface area contributed by atoms with Gasteiger partial charge in [0.2, 0.25) is 0 Å². The Morgan fingerprint density at radius 1 is 1.17 bits per heavy atom. The number of hydrogen-bond donors (Lipinski definition) is 1. The summed E-state index contributed by atoms with van der Waals surface area (Å²) in [4.78, 5) is 11.3. The van der Waals surface area contributed by atoms with Crippen molar-refractivity contribution in [1.29, 1.82) is 10.5 Å². The Hall–Kier alpha value is -3.69. The monoisotopic (exact) mass is 310 g/mol. The highest BCUT2D eigenvalue weighted by Gasteiger charge is 2.07. The van der Waals surface area contributed by atoms with Crippen molar-refractivity contribution < 1.29 is 19.4 Å². The fraction of sp³-hybridized carbons (Fsp3) is 0.118. The van der Waals surface area contributed by atoms with Crippen molar-refractivity contribution in [3.8, 4) is 24.7 Å². The first-order chi connectivity index (χ1) is 11.1. The Labute approximate surface area is 134 Å². The number of allylic oxidation sites excluding steroid dienone is 8. The molecule has 0 radical (unpaired) electrons. The number of carbonyl (C=O) groups excluding carboxylic acids is 1. The molecule has 0 fully saturated rings. The summed E-state index contributed by atoms with van der Waals surface area (Å²) in [6.07, 6.45) is 16.8. The van der Waals surface area contributed by atoms with Crippen LogP contribution in [-0.2, 0) is 14.3 Å². The van der Waals surface area contributed by atoms with Gasteiger partial charge in [0, 0.05) is 0 Å². The van der Waals surface area contributed by atoms with E-state index in [2.05, 4.69) is 4.74 Å². The first kappa shape index (κ1) is 19.3. The van der Waals surface area contributed by atoms with Crippen LogP contribution in [0.2, 0.25) is 0 Å². The lowest BCUT2D eigenvalue weighted by Crippen LogP contribution is -2.05. The fourth-order valence-corrected chi connectivity index (χ4v) is 1.12. The highest BCUT2D eigenvalue weighted by molar-refractivity contribution is 5.93. The van der Waals surface area contributed by atoms with E-state index < -0.39 is 11.9 Å². The summed E-state index contributed by atoms with van der Waals surface area (Å²) in [6, 6.07) is 3.44. The Kier molecular flexibility index (Phi) is 10.1. The van der Waals surface area contributed by atoms with Gasteiger partial charge in [-0.1, -0.05) is 36.8 Å². The summed E-state index contributed by atoms with van der Waals surface area (Å²) in [6.45, 7) is 1.84. The second-order valence-corrected chi connectivity index (χ2v) is 3.59. The molecular weight excluding hydrogens is 296 g/mol. The third kappa shape index (κ3) is 8.24. The second-order valence-electron chi connectivity index (χ2n) is 3.59. The molecule has 0 aliphatic rings. The predicted molar refractivity (Wildman–Crippen MR) is 82.9 cm³/mol. The number of terminal acetylenes is 1. The van der Waals surface area contributed by atoms with Gasteiger partial charge in [-0.3, -0.25) is 0 Å². The molecule has 0 aromatic heterocycles. The maximum atomic E-state index is 11.3. The van der Waals surface area contributed by atoms with Gasteiger partial charge < -0.3 is 14.6 Å². The Bertz CT molecular complexity index is 690. The SMILES string of the molecule is C#CO/C(O)=C(C#N)/C=C/C=C/C=C/C=C(\C#N)C(=O)OCC. The van der Waals surface area contributed by atoms with E-state index in [0.717, 1.165) is 0 Å². The summed E-state index contributed by atoms with van der Waals surface area (Å²) in [5.74, 6) is -1.34. The molecule has 0 aromatic carbocycles. The van der Waals surface area contributed by atoms with Gasteiger partial charge in [0.25, 0.3) is 0 Å². The second kappa shape index (κ2) is 12.1. The van der Waals surface area contributed by atoms with Crippen LogP contribution in [0.4, 0.5) is 0 Å². The van der Waals surface area contributed by atoms with Crippen molar-refractivity contribution in [2.75, 3.05) is 6.61 Å². The largest absolute Gasteiger partial charge is 0.479 e. The minimum absolute atomic E-state index is 0.113. The zero-order chi connectivity index (χ0) is 17.5. The van der Waals surface area contributed by atoms with E-state index in [0.29, 0.717) is 0 Å². The molecule has 0 aliphatic carbocycles. The molecule has 0 rings (SSSR count). The molecule has 23 heavy (non-hydrogen) atoms. The number of rotatable bonds is 7. The summed E-state index contributed by atoms with van der Waals surface area (Å²) < 4.78 is 9.03. The van der Waals surface area contributed by atoms with Crippen LogP contribution in [0.15, 0.2) is 59.6 Å². The van der Waals surface area contributed by atoms with Crippen LogP contribution < -0.4 is 0 Å². The number of nitrogens with zero attached hydrogens (tertiary/aromatic N) is 2. The number of nitriles is 2. The topological polar surface area (TPSA) is 103 Å². The maximum Gasteiger partial charge on any atom is 0.348 e. The standard InChI is InChI=1S/C17H14N2O4/c1-3-22-16(20)14(12-18)10-8-6-5-7-9-11-15(13-19)17(21)23-4-2/h1,5-11,20H,4H2,2H3/b6-5+,9-7+,10-8+,15-11+,16-14-. The van der Waals surface area contributed by atoms with Crippen molar-refractivity contribution in [2.45, 2.75) is 6.92 Å². The van der Waals surface area contributed by atoms with E-state index in [9.17, 15) is 9.90 Å². The minimum Gasteiger partial charge on any atom is -0.479 e. The van der Waals surface area contributed by atoms with Crippen LogP contribution in [0, 0.1) is 35.2 Å². The molecule has 0 atom stereocenters. The van der Waals surface area contributed by atoms with Crippen molar-refractivity contribution in [2.24, 2.45) is 0 Å². The first-order valence-corrected chi connectivity index (χ1v) is 6.35. The molecule has 0 bridgehead atoms. The van der Waals surface area contributed by atoms with Gasteiger partial charge >= 0.3 is 11.9 Å². The Balaban J connectivity index is 4.73. The maximum absolute atomic E-state index is 11.3. The summed E-state index contributed by atoms with van der Waals surface area (Å²) in [7, 11) is 0. The molecule has 1 N–H and O–H groups in total. The molecule has 0 spiro atoms. The molecule has 6 nitrogen and oxygen atoms in total. The molecule has 0 unspecified atom stereocenters. The van der Waals surface area contributed by atoms with Gasteiger partial charge in [-0.15, -0.1) is 0 Å². The smallest absolute Gasteiger partial charge is 0.348 e. The van der Waals surface area contributed by atoms with Crippen LogP contribution in [0.3, 0.4) is 0 Å². The van der Waals surface area contributed by atoms with Gasteiger partial charge in [0.05, 0.1) is 6.61 Å². The van der Waals surface area contributed by atoms with Crippen molar-refractivity contribution in [3.05, 3.63) is 59.6 Å². The van der Waals surface area contributed by atoms with Crippen molar-refractivity contribution in [1.82, 2.24) is 0 Å². The lowest BCUT2D eigenvalue weighted by molar-refractivity contribution is -0.138. The van der Waals surface area contributed by atoms with Crippen LogP contribution in [0.5, 0.6) is 0 Å². The average Bonchev–Trinajstić information content (AvgIpc) is 2.54. The molecule has 0 aliphatic heterocycles. The number of aliphatic hydroxyl groups is 1. The number of esters is 1. The lowest BCUT2D eigenvalue weighted by atomic mass is 10.2. The third-order valence-electron chi connectivity index (χ3n) is 2.09. The van der Waals surface area contributed by atoms with E-state index in [1.165, 1.54) is 24.3 Å². The predicted octanol–water partition coefficient (Wildman–Crippen LogP) is 2.57. The number of hydrogen-bond acceptors (Lipinski definition) is 6. The number of carbonyl (C=O) groups is 1. The summed E-state index contributed by atoms with van der Waals surface area (Å²) in [5.41, 5.74) is -0.247. The van der Waals surface area contributed by atoms with Crippen molar-refractivity contribution in [3.63, 3.8) is 0 Å². The van der Waals surface area contributed by atoms with Gasteiger partial charge in [0.15, 0.2) is 0 Å². The molecule has 116 valence electrons. The van der Waals surface area contributed by atoms with Crippen molar-refractivity contribution >= 4 is 5.97 Å². The van der Waals surface area contributed by atoms with Gasteiger partial charge in [0.1, 0.15) is 29.4 Å². The van der Waals surface area contributed by atoms with Crippen LogP contribution in [0.25, 0.3) is 0 Å². The van der Waals surface area contributed by atoms with Gasteiger partial charge in [-0.25, -0.2) is 4.79 Å². The Morgan fingerprint density at radius 3 is 2.39 bits per heavy atom. The molecule has 0 saturated heterocycles. The fourth-order valence-electron chi connectivity index (χ4n) is 1.12.